The summed E-state index contributed by atoms with van der Waals surface area (Å²) in [7, 11) is 3.41. The maximum Gasteiger partial charge on any atom is 0.342 e. The van der Waals surface area contributed by atoms with Gasteiger partial charge >= 0.3 is 5.82 Å². The molecule has 0 saturated carbocycles. The molecule has 300 valence electrons. The third kappa shape index (κ3) is 8.40. The first-order chi connectivity index (χ1) is 28.8. The SMILES string of the molecule is COc1ccc2c(c1OC)CN1CCc3cc4c(cc3C1C2)OCO4.Cc1ncc([N+](=O)[O-])n1CCO.N#Cc1ccc(C(c2ccc(C#N)cc2)n2cncn2)cc1. The Morgan fingerprint density at radius 3 is 2.22 bits per heavy atom. The van der Waals surface area contributed by atoms with E-state index in [2.05, 4.69) is 50.3 Å². The van der Waals surface area contributed by atoms with Gasteiger partial charge < -0.3 is 34.2 Å². The van der Waals surface area contributed by atoms with Crippen molar-refractivity contribution in [2.45, 2.75) is 44.9 Å². The molecular formula is C43H41N9O7. The number of aliphatic hydroxyl groups excluding tert-OH is 1. The van der Waals surface area contributed by atoms with Crippen molar-refractivity contribution in [1.82, 2.24) is 29.2 Å². The minimum Gasteiger partial charge on any atom is -0.493 e. The Morgan fingerprint density at radius 1 is 0.966 bits per heavy atom. The molecule has 9 rings (SSSR count). The first kappa shape index (κ1) is 39.9. The number of nitriles is 2. The van der Waals surface area contributed by atoms with E-state index in [-0.39, 0.29) is 25.0 Å². The molecule has 0 fully saturated rings. The van der Waals surface area contributed by atoms with E-state index in [0.717, 1.165) is 60.1 Å². The molecule has 4 aromatic carbocycles. The predicted molar refractivity (Wildman–Crippen MR) is 213 cm³/mol. The molecule has 0 amide bonds. The highest BCUT2D eigenvalue weighted by Gasteiger charge is 2.35. The summed E-state index contributed by atoms with van der Waals surface area (Å²) >= 11 is 0. The number of hydrogen-bond acceptors (Lipinski definition) is 13. The van der Waals surface area contributed by atoms with Crippen LogP contribution in [-0.4, -0.2) is 73.4 Å². The van der Waals surface area contributed by atoms with Crippen molar-refractivity contribution in [2.24, 2.45) is 0 Å². The number of nitrogens with zero attached hydrogens (tertiary/aromatic N) is 9. The number of aliphatic hydroxyl groups is 1. The Kier molecular flexibility index (Phi) is 12.1. The number of ether oxygens (including phenoxy) is 4. The highest BCUT2D eigenvalue weighted by atomic mass is 16.7. The Bertz CT molecular complexity index is 2450. The zero-order valence-corrected chi connectivity index (χ0v) is 32.7. The van der Waals surface area contributed by atoms with Gasteiger partial charge in [0.2, 0.25) is 6.79 Å². The summed E-state index contributed by atoms with van der Waals surface area (Å²) < 4.78 is 25.4. The van der Waals surface area contributed by atoms with Gasteiger partial charge in [-0.05, 0) is 88.0 Å². The molecule has 0 aliphatic carbocycles. The van der Waals surface area contributed by atoms with Gasteiger partial charge in [-0.25, -0.2) is 19.2 Å². The second-order valence-electron chi connectivity index (χ2n) is 13.8. The number of aryl methyl sites for hydroxylation is 1. The highest BCUT2D eigenvalue weighted by Crippen LogP contribution is 2.46. The number of fused-ring (bicyclic) bond motifs is 5. The van der Waals surface area contributed by atoms with Crippen LogP contribution in [0.25, 0.3) is 0 Å². The van der Waals surface area contributed by atoms with Gasteiger partial charge in [-0.15, -0.1) is 0 Å². The number of nitro groups is 1. The summed E-state index contributed by atoms with van der Waals surface area (Å²) in [5.74, 6) is 3.89. The number of hydrogen-bond donors (Lipinski definition) is 1. The van der Waals surface area contributed by atoms with Crippen molar-refractivity contribution >= 4 is 5.82 Å². The van der Waals surface area contributed by atoms with E-state index in [1.807, 2.05) is 30.3 Å². The smallest absolute Gasteiger partial charge is 0.342 e. The Balaban J connectivity index is 0.000000143. The number of methoxy groups -OCH3 is 2. The van der Waals surface area contributed by atoms with Crippen LogP contribution in [0.1, 0.15) is 62.4 Å². The van der Waals surface area contributed by atoms with Gasteiger partial charge in [-0.2, -0.15) is 15.6 Å². The van der Waals surface area contributed by atoms with Crippen LogP contribution >= 0.6 is 0 Å². The molecule has 1 unspecified atom stereocenters. The van der Waals surface area contributed by atoms with Crippen LogP contribution in [0, 0.1) is 39.7 Å². The Labute approximate surface area is 340 Å². The fraction of sp³-hybridized carbons (Fsp3) is 0.279. The van der Waals surface area contributed by atoms with Gasteiger partial charge in [0.05, 0.1) is 44.1 Å². The van der Waals surface area contributed by atoms with Crippen LogP contribution in [0.5, 0.6) is 23.0 Å². The standard InChI is InChI=1S/C20H21NO4.C17H11N5.C6H9N3O3/c1-22-17-4-3-12-7-16-14-9-19-18(24-11-25-19)8-13(14)5-6-21(16)10-15(12)20(17)23-2;18-9-13-1-5-15(6-2-13)17(22-12-20-11-21-22)16-7-3-14(10-19)4-8-16;1-5-7-4-6(9(11)12)8(5)2-3-10/h3-4,8-9,16H,5-7,10-11H2,1-2H3;1-8,11-12,17H;4,10H,2-3H2,1H3. The lowest BCUT2D eigenvalue weighted by Crippen LogP contribution is -2.39. The average molecular weight is 796 g/mol. The molecular weight excluding hydrogens is 755 g/mol. The van der Waals surface area contributed by atoms with E-state index in [0.29, 0.717) is 29.8 Å². The fourth-order valence-corrected chi connectivity index (χ4v) is 7.69. The molecule has 59 heavy (non-hydrogen) atoms. The molecule has 0 bridgehead atoms. The van der Waals surface area contributed by atoms with Crippen molar-refractivity contribution < 1.29 is 29.0 Å². The summed E-state index contributed by atoms with van der Waals surface area (Å²) in [6.07, 6.45) is 6.33. The number of aromatic nitrogens is 5. The van der Waals surface area contributed by atoms with Gasteiger partial charge in [0, 0.05) is 31.6 Å². The van der Waals surface area contributed by atoms with Crippen LogP contribution < -0.4 is 18.9 Å². The lowest BCUT2D eigenvalue weighted by Gasteiger charge is -2.42. The van der Waals surface area contributed by atoms with E-state index in [1.165, 1.54) is 39.3 Å². The van der Waals surface area contributed by atoms with Crippen molar-refractivity contribution in [3.63, 3.8) is 0 Å². The molecule has 3 aliphatic rings. The first-order valence-electron chi connectivity index (χ1n) is 18.8. The first-order valence-corrected chi connectivity index (χ1v) is 18.8. The zero-order valence-electron chi connectivity index (χ0n) is 32.7. The predicted octanol–water partition coefficient (Wildman–Crippen LogP) is 5.84. The largest absolute Gasteiger partial charge is 0.493 e. The molecule has 1 N–H and O–H groups in total. The van der Waals surface area contributed by atoms with Crippen LogP contribution in [0.15, 0.2) is 91.6 Å². The minimum atomic E-state index is -0.518. The third-order valence-corrected chi connectivity index (χ3v) is 10.6. The second-order valence-corrected chi connectivity index (χ2v) is 13.8. The van der Waals surface area contributed by atoms with Crippen molar-refractivity contribution in [3.8, 4) is 35.1 Å². The number of imidazole rings is 1. The van der Waals surface area contributed by atoms with Crippen LogP contribution in [0.4, 0.5) is 5.82 Å². The second kappa shape index (κ2) is 17.9. The number of benzene rings is 4. The third-order valence-electron chi connectivity index (χ3n) is 10.6. The normalized spacial score (nSPS) is 14.5. The topological polar surface area (TPSA) is 200 Å². The van der Waals surface area contributed by atoms with E-state index >= 15 is 0 Å². The molecule has 1 atom stereocenters. The quantitative estimate of drug-likeness (QED) is 0.143. The number of rotatable bonds is 8. The molecule has 3 aliphatic heterocycles. The van der Waals surface area contributed by atoms with Crippen molar-refractivity contribution in [3.05, 3.63) is 152 Å². The van der Waals surface area contributed by atoms with E-state index in [4.69, 9.17) is 34.6 Å². The van der Waals surface area contributed by atoms with Gasteiger partial charge in [-0.1, -0.05) is 30.3 Å². The summed E-state index contributed by atoms with van der Waals surface area (Å²) in [4.78, 5) is 20.2. The molecule has 5 heterocycles. The van der Waals surface area contributed by atoms with E-state index in [9.17, 15) is 10.1 Å². The van der Waals surface area contributed by atoms with Crippen LogP contribution in [0.2, 0.25) is 0 Å². The molecule has 16 heteroatoms. The van der Waals surface area contributed by atoms with E-state index < -0.39 is 4.92 Å². The fourth-order valence-electron chi connectivity index (χ4n) is 7.69. The van der Waals surface area contributed by atoms with Crippen molar-refractivity contribution in [1.29, 1.82) is 10.5 Å². The minimum absolute atomic E-state index is 0.0819. The maximum atomic E-state index is 10.4. The molecule has 0 saturated heterocycles. The monoisotopic (exact) mass is 795 g/mol. The molecule has 0 spiro atoms. The average Bonchev–Trinajstić information content (AvgIpc) is 4.05. The summed E-state index contributed by atoms with van der Waals surface area (Å²) in [5, 5.41) is 41.0. The molecule has 2 aromatic heterocycles. The van der Waals surface area contributed by atoms with Crippen LogP contribution in [-0.2, 0) is 25.9 Å². The highest BCUT2D eigenvalue weighted by molar-refractivity contribution is 5.55. The Morgan fingerprint density at radius 2 is 1.64 bits per heavy atom. The van der Waals surface area contributed by atoms with Crippen LogP contribution in [0.3, 0.4) is 0 Å². The Hall–Kier alpha value is -7.27. The van der Waals surface area contributed by atoms with Gasteiger partial charge in [0.15, 0.2) is 28.8 Å². The van der Waals surface area contributed by atoms with Gasteiger partial charge in [0.25, 0.3) is 0 Å². The zero-order chi connectivity index (χ0) is 41.5. The molecule has 0 radical (unpaired) electrons. The molecule has 16 nitrogen and oxygen atoms in total. The van der Waals surface area contributed by atoms with Crippen molar-refractivity contribution in [2.75, 3.05) is 34.2 Å². The maximum absolute atomic E-state index is 10.4. The van der Waals surface area contributed by atoms with Gasteiger partial charge in [-0.3, -0.25) is 4.90 Å². The van der Waals surface area contributed by atoms with E-state index in [1.54, 1.807) is 56.4 Å². The summed E-state index contributed by atoms with van der Waals surface area (Å²) in [6, 6.07) is 27.7. The lowest BCUT2D eigenvalue weighted by atomic mass is 9.83. The molecule has 6 aromatic rings. The lowest BCUT2D eigenvalue weighted by molar-refractivity contribution is -0.392. The summed E-state index contributed by atoms with van der Waals surface area (Å²) in [5.41, 5.74) is 8.56. The van der Waals surface area contributed by atoms with Gasteiger partial charge in [0.1, 0.15) is 31.4 Å². The summed E-state index contributed by atoms with van der Waals surface area (Å²) in [6.45, 7) is 3.99.